The van der Waals surface area contributed by atoms with Gasteiger partial charge in [-0.3, -0.25) is 0 Å². The number of hydrogen-bond acceptors (Lipinski definition) is 3. The molecule has 0 fully saturated rings. The molecule has 1 heterocycles. The fourth-order valence-electron chi connectivity index (χ4n) is 1.68. The lowest BCUT2D eigenvalue weighted by atomic mass is 10.2. The molecule has 0 radical (unpaired) electrons. The van der Waals surface area contributed by atoms with Crippen molar-refractivity contribution in [1.82, 2.24) is 20.1 Å². The van der Waals surface area contributed by atoms with E-state index in [-0.39, 0.29) is 0 Å². The molecule has 4 nitrogen and oxygen atoms in total. The lowest BCUT2D eigenvalue weighted by Gasteiger charge is -2.03. The van der Waals surface area contributed by atoms with Gasteiger partial charge in [-0.05, 0) is 38.6 Å². The Morgan fingerprint density at radius 1 is 1.31 bits per heavy atom. The highest BCUT2D eigenvalue weighted by Crippen LogP contribution is 2.11. The maximum absolute atomic E-state index is 4.45. The van der Waals surface area contributed by atoms with Crippen molar-refractivity contribution in [2.75, 3.05) is 7.05 Å². The van der Waals surface area contributed by atoms with Gasteiger partial charge in [0.05, 0.1) is 12.2 Å². The molecule has 0 bridgehead atoms. The van der Waals surface area contributed by atoms with E-state index in [4.69, 9.17) is 0 Å². The Balaban J connectivity index is 2.40. The number of nitrogens with one attached hydrogen (secondary N) is 1. The van der Waals surface area contributed by atoms with Crippen molar-refractivity contribution in [1.29, 1.82) is 0 Å². The Labute approximate surface area is 95.3 Å². The summed E-state index contributed by atoms with van der Waals surface area (Å²) in [6.07, 6.45) is 0. The van der Waals surface area contributed by atoms with Gasteiger partial charge >= 0.3 is 0 Å². The average molecular weight is 216 g/mol. The quantitative estimate of drug-likeness (QED) is 0.847. The van der Waals surface area contributed by atoms with Gasteiger partial charge in [0.25, 0.3) is 0 Å². The van der Waals surface area contributed by atoms with Gasteiger partial charge in [-0.1, -0.05) is 12.1 Å². The fourth-order valence-corrected chi connectivity index (χ4v) is 1.68. The maximum Gasteiger partial charge on any atom is 0.165 e. The zero-order valence-corrected chi connectivity index (χ0v) is 9.86. The molecule has 1 N–H and O–H groups in total. The van der Waals surface area contributed by atoms with E-state index in [9.17, 15) is 0 Å². The average Bonchev–Trinajstić information content (AvgIpc) is 2.60. The Bertz CT molecular complexity index is 488. The highest BCUT2D eigenvalue weighted by Gasteiger charge is 2.06. The second-order valence-corrected chi connectivity index (χ2v) is 3.86. The Morgan fingerprint density at radius 2 is 2.12 bits per heavy atom. The van der Waals surface area contributed by atoms with Crippen LogP contribution >= 0.6 is 0 Å². The third-order valence-electron chi connectivity index (χ3n) is 2.39. The van der Waals surface area contributed by atoms with Gasteiger partial charge in [0.15, 0.2) is 5.82 Å². The molecule has 1 aromatic carbocycles. The van der Waals surface area contributed by atoms with Crippen LogP contribution in [0.1, 0.15) is 17.2 Å². The largest absolute Gasteiger partial charge is 0.313 e. The monoisotopic (exact) mass is 216 g/mol. The summed E-state index contributed by atoms with van der Waals surface area (Å²) in [5.41, 5.74) is 2.29. The van der Waals surface area contributed by atoms with Crippen LogP contribution in [-0.4, -0.2) is 21.8 Å². The topological polar surface area (TPSA) is 42.7 Å². The highest BCUT2D eigenvalue weighted by atomic mass is 15.4. The summed E-state index contributed by atoms with van der Waals surface area (Å²) in [5, 5.41) is 7.50. The molecule has 0 saturated heterocycles. The van der Waals surface area contributed by atoms with Crippen LogP contribution in [0.25, 0.3) is 5.69 Å². The van der Waals surface area contributed by atoms with Gasteiger partial charge in [0.2, 0.25) is 0 Å². The molecule has 0 aliphatic heterocycles. The molecule has 1 aromatic heterocycles. The number of aromatic nitrogens is 3. The minimum Gasteiger partial charge on any atom is -0.313 e. The van der Waals surface area contributed by atoms with Crippen LogP contribution in [0.4, 0.5) is 0 Å². The molecule has 16 heavy (non-hydrogen) atoms. The van der Waals surface area contributed by atoms with Crippen molar-refractivity contribution in [3.05, 3.63) is 41.5 Å². The molecule has 84 valence electrons. The Hall–Kier alpha value is -1.68. The van der Waals surface area contributed by atoms with Gasteiger partial charge in [0, 0.05) is 0 Å². The first kappa shape index (κ1) is 10.8. The van der Waals surface area contributed by atoms with Gasteiger partial charge in [-0.25, -0.2) is 9.67 Å². The van der Waals surface area contributed by atoms with E-state index in [1.54, 1.807) is 0 Å². The fraction of sp³-hybridized carbons (Fsp3) is 0.333. The third-order valence-corrected chi connectivity index (χ3v) is 2.39. The van der Waals surface area contributed by atoms with E-state index in [2.05, 4.69) is 34.5 Å². The number of benzene rings is 1. The molecule has 2 rings (SSSR count). The highest BCUT2D eigenvalue weighted by molar-refractivity contribution is 5.35. The van der Waals surface area contributed by atoms with E-state index >= 15 is 0 Å². The molecular formula is C12H16N4. The molecule has 0 aliphatic rings. The minimum absolute atomic E-state index is 0.694. The van der Waals surface area contributed by atoms with Crippen molar-refractivity contribution < 1.29 is 0 Å². The van der Waals surface area contributed by atoms with Crippen molar-refractivity contribution in [2.45, 2.75) is 20.4 Å². The van der Waals surface area contributed by atoms with Crippen LogP contribution in [0.3, 0.4) is 0 Å². The summed E-state index contributed by atoms with van der Waals surface area (Å²) >= 11 is 0. The lowest BCUT2D eigenvalue weighted by molar-refractivity contribution is 0.743. The zero-order valence-electron chi connectivity index (χ0n) is 9.86. The second kappa shape index (κ2) is 4.45. The standard InChI is InChI=1S/C12H16N4/c1-9-5-4-6-11(7-9)16-10(2)14-12(15-16)8-13-3/h4-7,13H,8H2,1-3H3. The first-order valence-corrected chi connectivity index (χ1v) is 5.35. The third kappa shape index (κ3) is 2.12. The van der Waals surface area contributed by atoms with Crippen LogP contribution in [0.2, 0.25) is 0 Å². The number of hydrogen-bond donors (Lipinski definition) is 1. The predicted molar refractivity (Wildman–Crippen MR) is 63.6 cm³/mol. The van der Waals surface area contributed by atoms with E-state index in [0.717, 1.165) is 17.3 Å². The van der Waals surface area contributed by atoms with Crippen molar-refractivity contribution in [3.63, 3.8) is 0 Å². The first-order chi connectivity index (χ1) is 7.70. The van der Waals surface area contributed by atoms with E-state index < -0.39 is 0 Å². The van der Waals surface area contributed by atoms with Crippen molar-refractivity contribution in [2.24, 2.45) is 0 Å². The number of nitrogens with zero attached hydrogens (tertiary/aromatic N) is 3. The number of aryl methyl sites for hydroxylation is 2. The summed E-state index contributed by atoms with van der Waals surface area (Å²) in [6, 6.07) is 8.25. The lowest BCUT2D eigenvalue weighted by Crippen LogP contribution is -2.07. The van der Waals surface area contributed by atoms with Crippen LogP contribution < -0.4 is 5.32 Å². The molecule has 4 heteroatoms. The summed E-state index contributed by atoms with van der Waals surface area (Å²) in [4.78, 5) is 4.40. The Morgan fingerprint density at radius 3 is 2.81 bits per heavy atom. The van der Waals surface area contributed by atoms with Crippen LogP contribution in [0.5, 0.6) is 0 Å². The number of rotatable bonds is 3. The first-order valence-electron chi connectivity index (χ1n) is 5.35. The molecule has 0 aliphatic carbocycles. The maximum atomic E-state index is 4.45. The van der Waals surface area contributed by atoms with Crippen LogP contribution in [-0.2, 0) is 6.54 Å². The Kier molecular flexibility index (Phi) is 3.01. The SMILES string of the molecule is CNCc1nc(C)n(-c2cccc(C)c2)n1. The smallest absolute Gasteiger partial charge is 0.165 e. The van der Waals surface area contributed by atoms with E-state index in [0.29, 0.717) is 6.54 Å². The summed E-state index contributed by atoms with van der Waals surface area (Å²) in [7, 11) is 1.89. The summed E-state index contributed by atoms with van der Waals surface area (Å²) in [5.74, 6) is 1.73. The van der Waals surface area contributed by atoms with Crippen molar-refractivity contribution >= 4 is 0 Å². The summed E-state index contributed by atoms with van der Waals surface area (Å²) in [6.45, 7) is 4.73. The molecule has 0 unspecified atom stereocenters. The molecular weight excluding hydrogens is 200 g/mol. The van der Waals surface area contributed by atoms with Gasteiger partial charge in [-0.15, -0.1) is 5.10 Å². The normalized spacial score (nSPS) is 10.7. The van der Waals surface area contributed by atoms with Gasteiger partial charge in [-0.2, -0.15) is 0 Å². The van der Waals surface area contributed by atoms with E-state index in [1.807, 2.05) is 30.8 Å². The summed E-state index contributed by atoms with van der Waals surface area (Å²) < 4.78 is 1.87. The van der Waals surface area contributed by atoms with Crippen molar-refractivity contribution in [3.8, 4) is 5.69 Å². The molecule has 0 saturated carbocycles. The predicted octanol–water partition coefficient (Wildman–Crippen LogP) is 1.60. The second-order valence-electron chi connectivity index (χ2n) is 3.86. The van der Waals surface area contributed by atoms with Gasteiger partial charge in [0.1, 0.15) is 5.82 Å². The van der Waals surface area contributed by atoms with E-state index in [1.165, 1.54) is 5.56 Å². The molecule has 0 amide bonds. The van der Waals surface area contributed by atoms with Gasteiger partial charge < -0.3 is 5.32 Å². The molecule has 0 spiro atoms. The minimum atomic E-state index is 0.694. The molecule has 0 atom stereocenters. The van der Waals surface area contributed by atoms with Crippen LogP contribution in [0.15, 0.2) is 24.3 Å². The van der Waals surface area contributed by atoms with Crippen LogP contribution in [0, 0.1) is 13.8 Å². The molecule has 2 aromatic rings. The zero-order chi connectivity index (χ0) is 11.5.